The van der Waals surface area contributed by atoms with E-state index < -0.39 is 11.7 Å². The molecule has 0 aliphatic rings. The Morgan fingerprint density at radius 2 is 2.00 bits per heavy atom. The number of alkyl halides is 3. The topological polar surface area (TPSA) is 35.2 Å². The minimum atomic E-state index is -4.34. The summed E-state index contributed by atoms with van der Waals surface area (Å²) in [5, 5.41) is 0. The highest BCUT2D eigenvalue weighted by atomic mass is 19.4. The summed E-state index contributed by atoms with van der Waals surface area (Å²) in [6.07, 6.45) is -3.83. The van der Waals surface area contributed by atoms with Crippen LogP contribution in [0.4, 0.5) is 13.2 Å². The van der Waals surface area contributed by atoms with Crippen molar-refractivity contribution in [2.75, 3.05) is 13.2 Å². The van der Waals surface area contributed by atoms with Crippen molar-refractivity contribution in [1.82, 2.24) is 0 Å². The van der Waals surface area contributed by atoms with Crippen LogP contribution in [0.5, 0.6) is 5.75 Å². The summed E-state index contributed by atoms with van der Waals surface area (Å²) < 4.78 is 42.5. The van der Waals surface area contributed by atoms with E-state index in [0.29, 0.717) is 25.1 Å². The van der Waals surface area contributed by atoms with Crippen LogP contribution in [0, 0.1) is 0 Å². The third-order valence-electron chi connectivity index (χ3n) is 2.11. The molecule has 1 aromatic rings. The second-order valence-corrected chi connectivity index (χ2v) is 3.29. The minimum Gasteiger partial charge on any atom is -0.494 e. The third-order valence-corrected chi connectivity index (χ3v) is 2.11. The zero-order valence-corrected chi connectivity index (χ0v) is 8.97. The fraction of sp³-hybridized carbons (Fsp3) is 0.455. The SMILES string of the molecule is CCOc1cc(C(F)(F)F)ccc1CCN. The van der Waals surface area contributed by atoms with Gasteiger partial charge in [-0.1, -0.05) is 6.07 Å². The van der Waals surface area contributed by atoms with Gasteiger partial charge in [-0.15, -0.1) is 0 Å². The van der Waals surface area contributed by atoms with Crippen LogP contribution in [-0.2, 0) is 12.6 Å². The van der Waals surface area contributed by atoms with Gasteiger partial charge in [0, 0.05) is 0 Å². The first-order valence-electron chi connectivity index (χ1n) is 5.02. The molecule has 0 saturated heterocycles. The predicted octanol–water partition coefficient (Wildman–Crippen LogP) is 2.61. The van der Waals surface area contributed by atoms with E-state index in [-0.39, 0.29) is 5.75 Å². The summed E-state index contributed by atoms with van der Waals surface area (Å²) in [5.74, 6) is 0.266. The number of hydrogen-bond acceptors (Lipinski definition) is 2. The molecule has 1 aromatic carbocycles. The molecular weight excluding hydrogens is 219 g/mol. The summed E-state index contributed by atoms with van der Waals surface area (Å²) in [7, 11) is 0. The van der Waals surface area contributed by atoms with Gasteiger partial charge >= 0.3 is 6.18 Å². The Morgan fingerprint density at radius 3 is 2.50 bits per heavy atom. The Morgan fingerprint density at radius 1 is 1.31 bits per heavy atom. The zero-order chi connectivity index (χ0) is 12.2. The van der Waals surface area contributed by atoms with Gasteiger partial charge in [0.15, 0.2) is 0 Å². The lowest BCUT2D eigenvalue weighted by molar-refractivity contribution is -0.137. The lowest BCUT2D eigenvalue weighted by Gasteiger charge is -2.13. The predicted molar refractivity (Wildman–Crippen MR) is 55.4 cm³/mol. The first kappa shape index (κ1) is 12.8. The maximum atomic E-state index is 12.4. The number of benzene rings is 1. The molecule has 90 valence electrons. The molecule has 1 rings (SSSR count). The van der Waals surface area contributed by atoms with Crippen molar-refractivity contribution in [3.8, 4) is 5.75 Å². The first-order chi connectivity index (χ1) is 7.49. The molecular formula is C11H14F3NO. The van der Waals surface area contributed by atoms with E-state index in [9.17, 15) is 13.2 Å². The van der Waals surface area contributed by atoms with Gasteiger partial charge in [-0.2, -0.15) is 13.2 Å². The molecule has 0 spiro atoms. The fourth-order valence-electron chi connectivity index (χ4n) is 1.38. The van der Waals surface area contributed by atoms with Gasteiger partial charge in [-0.3, -0.25) is 0 Å². The van der Waals surface area contributed by atoms with Crippen LogP contribution >= 0.6 is 0 Å². The van der Waals surface area contributed by atoms with Gasteiger partial charge < -0.3 is 10.5 Å². The van der Waals surface area contributed by atoms with Crippen molar-refractivity contribution >= 4 is 0 Å². The number of rotatable bonds is 4. The van der Waals surface area contributed by atoms with Crippen LogP contribution in [0.3, 0.4) is 0 Å². The van der Waals surface area contributed by atoms with Crippen molar-refractivity contribution in [2.24, 2.45) is 5.73 Å². The monoisotopic (exact) mass is 233 g/mol. The fourth-order valence-corrected chi connectivity index (χ4v) is 1.38. The molecule has 0 radical (unpaired) electrons. The highest BCUT2D eigenvalue weighted by Crippen LogP contribution is 2.33. The van der Waals surface area contributed by atoms with E-state index >= 15 is 0 Å². The zero-order valence-electron chi connectivity index (χ0n) is 8.97. The maximum absolute atomic E-state index is 12.4. The molecule has 0 aliphatic heterocycles. The molecule has 0 saturated carbocycles. The highest BCUT2D eigenvalue weighted by Gasteiger charge is 2.31. The highest BCUT2D eigenvalue weighted by molar-refractivity contribution is 5.39. The van der Waals surface area contributed by atoms with E-state index in [1.165, 1.54) is 6.07 Å². The van der Waals surface area contributed by atoms with E-state index in [4.69, 9.17) is 10.5 Å². The Labute approximate surface area is 92.2 Å². The summed E-state index contributed by atoms with van der Waals surface area (Å²) >= 11 is 0. The molecule has 0 aliphatic carbocycles. The van der Waals surface area contributed by atoms with Gasteiger partial charge in [-0.05, 0) is 37.6 Å². The van der Waals surface area contributed by atoms with Crippen LogP contribution in [0.2, 0.25) is 0 Å². The normalized spacial score (nSPS) is 11.6. The first-order valence-corrected chi connectivity index (χ1v) is 5.02. The number of ether oxygens (including phenoxy) is 1. The maximum Gasteiger partial charge on any atom is 0.416 e. The molecule has 2 N–H and O–H groups in total. The lowest BCUT2D eigenvalue weighted by atomic mass is 10.1. The van der Waals surface area contributed by atoms with E-state index in [0.717, 1.165) is 12.1 Å². The van der Waals surface area contributed by atoms with Crippen LogP contribution in [-0.4, -0.2) is 13.2 Å². The molecule has 0 unspecified atom stereocenters. The van der Waals surface area contributed by atoms with Crippen molar-refractivity contribution in [1.29, 1.82) is 0 Å². The molecule has 2 nitrogen and oxygen atoms in total. The van der Waals surface area contributed by atoms with Crippen LogP contribution in [0.25, 0.3) is 0 Å². The summed E-state index contributed by atoms with van der Waals surface area (Å²) in [6.45, 7) is 2.44. The molecule has 0 amide bonds. The molecule has 16 heavy (non-hydrogen) atoms. The summed E-state index contributed by atoms with van der Waals surface area (Å²) in [5.41, 5.74) is 5.38. The van der Waals surface area contributed by atoms with Gasteiger partial charge in [-0.25, -0.2) is 0 Å². The van der Waals surface area contributed by atoms with Crippen LogP contribution < -0.4 is 10.5 Å². The number of hydrogen-bond donors (Lipinski definition) is 1. The van der Waals surface area contributed by atoms with Crippen molar-refractivity contribution < 1.29 is 17.9 Å². The average molecular weight is 233 g/mol. The van der Waals surface area contributed by atoms with Crippen LogP contribution in [0.15, 0.2) is 18.2 Å². The van der Waals surface area contributed by atoms with Gasteiger partial charge in [0.05, 0.1) is 12.2 Å². The molecule has 5 heteroatoms. The summed E-state index contributed by atoms with van der Waals surface area (Å²) in [4.78, 5) is 0. The van der Waals surface area contributed by atoms with Gasteiger partial charge in [0.2, 0.25) is 0 Å². The average Bonchev–Trinajstić information content (AvgIpc) is 2.19. The molecule has 0 aromatic heterocycles. The van der Waals surface area contributed by atoms with Gasteiger partial charge in [0.25, 0.3) is 0 Å². The Balaban J connectivity index is 3.06. The van der Waals surface area contributed by atoms with Crippen molar-refractivity contribution in [3.63, 3.8) is 0 Å². The quantitative estimate of drug-likeness (QED) is 0.867. The molecule has 0 bridgehead atoms. The third kappa shape index (κ3) is 3.13. The smallest absolute Gasteiger partial charge is 0.416 e. The minimum absolute atomic E-state index is 0.266. The summed E-state index contributed by atoms with van der Waals surface area (Å²) in [6, 6.07) is 3.49. The Kier molecular flexibility index (Phi) is 4.18. The van der Waals surface area contributed by atoms with Crippen molar-refractivity contribution in [2.45, 2.75) is 19.5 Å². The Bertz CT molecular complexity index is 350. The second-order valence-electron chi connectivity index (χ2n) is 3.29. The number of halogens is 3. The Hall–Kier alpha value is -1.23. The van der Waals surface area contributed by atoms with E-state index in [1.54, 1.807) is 6.92 Å². The van der Waals surface area contributed by atoms with E-state index in [2.05, 4.69) is 0 Å². The standard InChI is InChI=1S/C11H14F3NO/c1-2-16-10-7-9(11(12,13)14)4-3-8(10)5-6-15/h3-4,7H,2,5-6,15H2,1H3. The second kappa shape index (κ2) is 5.21. The molecule has 0 atom stereocenters. The van der Waals surface area contributed by atoms with Crippen molar-refractivity contribution in [3.05, 3.63) is 29.3 Å². The molecule has 0 fully saturated rings. The van der Waals surface area contributed by atoms with Crippen LogP contribution in [0.1, 0.15) is 18.1 Å². The number of nitrogens with two attached hydrogens (primary N) is 1. The van der Waals surface area contributed by atoms with Gasteiger partial charge in [0.1, 0.15) is 5.75 Å². The molecule has 0 heterocycles. The van der Waals surface area contributed by atoms with E-state index in [1.807, 2.05) is 0 Å². The largest absolute Gasteiger partial charge is 0.494 e. The lowest BCUT2D eigenvalue weighted by Crippen LogP contribution is -2.09.